The molecule has 1 aromatic heterocycles. The Balaban J connectivity index is 0.000000185. The molecule has 3 rings (SSSR count). The van der Waals surface area contributed by atoms with Crippen molar-refractivity contribution in [2.24, 2.45) is 0 Å². The maximum Gasteiger partial charge on any atom is 0.295 e. The van der Waals surface area contributed by atoms with Crippen molar-refractivity contribution in [2.75, 3.05) is 0 Å². The molecule has 0 fully saturated rings. The molecule has 0 unspecified atom stereocenters. The minimum absolute atomic E-state index is 0.0457. The van der Waals surface area contributed by atoms with E-state index in [-0.39, 0.29) is 4.90 Å². The molecule has 0 aliphatic heterocycles. The highest BCUT2D eigenvalue weighted by molar-refractivity contribution is 7.86. The van der Waals surface area contributed by atoms with Gasteiger partial charge in [0.05, 0.1) is 6.33 Å². The molecule has 6 heteroatoms. The average molecular weight is 332 g/mol. The molecular formula is C17H20N2O3S. The molecule has 3 aromatic rings. The molecular weight excluding hydrogens is 312 g/mol. The van der Waals surface area contributed by atoms with Crippen LogP contribution >= 0.6 is 0 Å². The van der Waals surface area contributed by atoms with Gasteiger partial charge in [-0.1, -0.05) is 49.7 Å². The fourth-order valence-electron chi connectivity index (χ4n) is 2.18. The lowest BCUT2D eigenvalue weighted by Crippen LogP contribution is -1.98. The van der Waals surface area contributed by atoms with E-state index in [2.05, 4.69) is 16.5 Å². The number of nitrogens with zero attached hydrogens (tertiary/aromatic N) is 2. The third kappa shape index (κ3) is 4.91. The van der Waals surface area contributed by atoms with Gasteiger partial charge in [0.25, 0.3) is 10.1 Å². The van der Waals surface area contributed by atoms with Crippen molar-refractivity contribution < 1.29 is 13.0 Å². The summed E-state index contributed by atoms with van der Waals surface area (Å²) in [5.74, 6) is 0. The Labute approximate surface area is 136 Å². The third-order valence-electron chi connectivity index (χ3n) is 3.36. The molecule has 0 amide bonds. The summed E-state index contributed by atoms with van der Waals surface area (Å²) in [5.41, 5.74) is 0. The van der Waals surface area contributed by atoms with E-state index >= 15 is 0 Å². The highest BCUT2D eigenvalue weighted by Crippen LogP contribution is 2.21. The highest BCUT2D eigenvalue weighted by Gasteiger charge is 2.12. The first-order valence-electron chi connectivity index (χ1n) is 7.43. The largest absolute Gasteiger partial charge is 0.337 e. The minimum Gasteiger partial charge on any atom is -0.337 e. The second-order valence-electron chi connectivity index (χ2n) is 5.11. The summed E-state index contributed by atoms with van der Waals surface area (Å²) in [4.78, 5) is 3.89. The van der Waals surface area contributed by atoms with Gasteiger partial charge in [0, 0.05) is 24.3 Å². The first-order valence-corrected chi connectivity index (χ1v) is 8.87. The lowest BCUT2D eigenvalue weighted by molar-refractivity contribution is 0.484. The van der Waals surface area contributed by atoms with Gasteiger partial charge in [-0.25, -0.2) is 4.98 Å². The van der Waals surface area contributed by atoms with E-state index in [0.29, 0.717) is 5.39 Å². The summed E-state index contributed by atoms with van der Waals surface area (Å²) in [6.45, 7) is 3.30. The Morgan fingerprint density at radius 3 is 2.52 bits per heavy atom. The van der Waals surface area contributed by atoms with E-state index in [1.165, 1.54) is 18.9 Å². The number of unbranched alkanes of at least 4 members (excludes halogenated alkanes) is 1. The maximum atomic E-state index is 11.0. The molecule has 0 radical (unpaired) electrons. The molecule has 122 valence electrons. The molecule has 23 heavy (non-hydrogen) atoms. The van der Waals surface area contributed by atoms with E-state index in [4.69, 9.17) is 4.55 Å². The summed E-state index contributed by atoms with van der Waals surface area (Å²) in [7, 11) is -4.13. The van der Waals surface area contributed by atoms with Crippen LogP contribution in [0.1, 0.15) is 19.8 Å². The third-order valence-corrected chi connectivity index (χ3v) is 4.27. The fourth-order valence-corrected chi connectivity index (χ4v) is 2.89. The van der Waals surface area contributed by atoms with E-state index in [9.17, 15) is 8.42 Å². The highest BCUT2D eigenvalue weighted by atomic mass is 32.2. The van der Waals surface area contributed by atoms with Crippen molar-refractivity contribution in [3.8, 4) is 0 Å². The van der Waals surface area contributed by atoms with Crippen LogP contribution < -0.4 is 0 Å². The topological polar surface area (TPSA) is 72.2 Å². The molecule has 0 aliphatic rings. The minimum atomic E-state index is -4.13. The smallest absolute Gasteiger partial charge is 0.295 e. The first kappa shape index (κ1) is 17.2. The van der Waals surface area contributed by atoms with Crippen LogP contribution in [0.15, 0.2) is 66.1 Å². The summed E-state index contributed by atoms with van der Waals surface area (Å²) < 4.78 is 33.1. The van der Waals surface area contributed by atoms with E-state index < -0.39 is 10.1 Å². The summed E-state index contributed by atoms with van der Waals surface area (Å²) in [5, 5.41) is 1.33. The van der Waals surface area contributed by atoms with Gasteiger partial charge in [0.15, 0.2) is 0 Å². The maximum absolute atomic E-state index is 11.0. The number of rotatable bonds is 4. The zero-order valence-electron chi connectivity index (χ0n) is 13.0. The second kappa shape index (κ2) is 7.89. The summed E-state index contributed by atoms with van der Waals surface area (Å²) in [6, 6.07) is 11.8. The fraction of sp³-hybridized carbons (Fsp3) is 0.235. The van der Waals surface area contributed by atoms with Crippen LogP contribution in [0, 0.1) is 0 Å². The van der Waals surface area contributed by atoms with Crippen LogP contribution in [0.5, 0.6) is 0 Å². The molecule has 0 atom stereocenters. The van der Waals surface area contributed by atoms with Crippen LogP contribution in [0.3, 0.4) is 0 Å². The summed E-state index contributed by atoms with van der Waals surface area (Å²) >= 11 is 0. The van der Waals surface area contributed by atoms with E-state index in [1.54, 1.807) is 30.3 Å². The number of benzene rings is 2. The molecule has 0 saturated heterocycles. The number of hydrogen-bond donors (Lipinski definition) is 1. The van der Waals surface area contributed by atoms with Crippen molar-refractivity contribution in [1.82, 2.24) is 9.55 Å². The van der Waals surface area contributed by atoms with Crippen LogP contribution in [0.25, 0.3) is 10.8 Å². The van der Waals surface area contributed by atoms with Crippen LogP contribution in [0.4, 0.5) is 0 Å². The Hall–Kier alpha value is -2.18. The molecule has 0 aliphatic carbocycles. The van der Waals surface area contributed by atoms with Crippen LogP contribution in [-0.4, -0.2) is 22.5 Å². The number of hydrogen-bond acceptors (Lipinski definition) is 3. The number of imidazole rings is 1. The number of aryl methyl sites for hydroxylation is 1. The molecule has 0 spiro atoms. The van der Waals surface area contributed by atoms with Gasteiger partial charge < -0.3 is 4.57 Å². The van der Waals surface area contributed by atoms with Crippen molar-refractivity contribution >= 4 is 20.9 Å². The Morgan fingerprint density at radius 1 is 1.13 bits per heavy atom. The zero-order chi connectivity index (χ0) is 16.7. The van der Waals surface area contributed by atoms with Gasteiger partial charge in [-0.3, -0.25) is 4.55 Å². The predicted octanol–water partition coefficient (Wildman–Crippen LogP) is 3.77. The van der Waals surface area contributed by atoms with Gasteiger partial charge in [0.2, 0.25) is 0 Å². The van der Waals surface area contributed by atoms with Gasteiger partial charge in [0.1, 0.15) is 4.90 Å². The van der Waals surface area contributed by atoms with Crippen molar-refractivity contribution in [3.63, 3.8) is 0 Å². The SMILES string of the molecule is CCCCn1ccnc1.O=S(=O)(O)c1cccc2ccccc12. The van der Waals surface area contributed by atoms with Crippen molar-refractivity contribution in [3.05, 3.63) is 61.2 Å². The molecule has 0 saturated carbocycles. The molecule has 5 nitrogen and oxygen atoms in total. The lowest BCUT2D eigenvalue weighted by Gasteiger charge is -2.02. The predicted molar refractivity (Wildman–Crippen MR) is 90.9 cm³/mol. The van der Waals surface area contributed by atoms with E-state index in [1.807, 2.05) is 24.8 Å². The normalized spacial score (nSPS) is 11.0. The van der Waals surface area contributed by atoms with Gasteiger partial charge in [-0.05, 0) is 17.9 Å². The first-order chi connectivity index (χ1) is 11.0. The standard InChI is InChI=1S/C10H8O3S.C7H12N2/c11-14(12,13)10-7-3-5-8-4-1-2-6-9(8)10;1-2-3-5-9-6-4-8-7-9/h1-7H,(H,11,12,13);4,6-7H,2-3,5H2,1H3. The lowest BCUT2D eigenvalue weighted by atomic mass is 10.1. The van der Waals surface area contributed by atoms with Gasteiger partial charge in [-0.2, -0.15) is 8.42 Å². The van der Waals surface area contributed by atoms with Crippen LogP contribution in [-0.2, 0) is 16.7 Å². The Kier molecular flexibility index (Phi) is 5.90. The van der Waals surface area contributed by atoms with Crippen molar-refractivity contribution in [2.45, 2.75) is 31.2 Å². The summed E-state index contributed by atoms with van der Waals surface area (Å²) in [6.07, 6.45) is 8.16. The van der Waals surface area contributed by atoms with Crippen molar-refractivity contribution in [1.29, 1.82) is 0 Å². The van der Waals surface area contributed by atoms with Gasteiger partial charge >= 0.3 is 0 Å². The molecule has 1 N–H and O–H groups in total. The zero-order valence-corrected chi connectivity index (χ0v) is 13.8. The molecule has 1 heterocycles. The quantitative estimate of drug-likeness (QED) is 0.738. The monoisotopic (exact) mass is 332 g/mol. The molecule has 0 bridgehead atoms. The van der Waals surface area contributed by atoms with Crippen LogP contribution in [0.2, 0.25) is 0 Å². The van der Waals surface area contributed by atoms with Gasteiger partial charge in [-0.15, -0.1) is 0 Å². The average Bonchev–Trinajstić information content (AvgIpc) is 3.05. The Morgan fingerprint density at radius 2 is 1.87 bits per heavy atom. The number of aromatic nitrogens is 2. The molecule has 2 aromatic carbocycles. The second-order valence-corrected chi connectivity index (χ2v) is 6.50. The Bertz CT molecular complexity index is 838. The number of fused-ring (bicyclic) bond motifs is 1. The van der Waals surface area contributed by atoms with E-state index in [0.717, 1.165) is 11.9 Å².